The van der Waals surface area contributed by atoms with Gasteiger partial charge in [-0.15, -0.1) is 0 Å². The van der Waals surface area contributed by atoms with Gasteiger partial charge in [-0.2, -0.15) is 0 Å². The van der Waals surface area contributed by atoms with Crippen LogP contribution < -0.4 is 5.32 Å². The lowest BCUT2D eigenvalue weighted by atomic mass is 10.1. The molecule has 0 aromatic heterocycles. The van der Waals surface area contributed by atoms with Crippen LogP contribution in [0.5, 0.6) is 0 Å². The van der Waals surface area contributed by atoms with Crippen molar-refractivity contribution in [3.8, 4) is 0 Å². The standard InChI is InChI=1S/C24H21ClN2O7S/c1-3-10-34-23(31)17-12-16(8-9-18(17)25)26-20(28)13-27-21(29)19(35-24(27)32)11-14-4-6-15(7-5-14)22(30)33-2/h4-9,11-12H,3,10,13H2,1-2H3,(H,26,28)/b19-11+. The van der Waals surface area contributed by atoms with Crippen molar-refractivity contribution in [1.82, 2.24) is 4.90 Å². The lowest BCUT2D eigenvalue weighted by molar-refractivity contribution is -0.127. The topological polar surface area (TPSA) is 119 Å². The Balaban J connectivity index is 1.66. The average molecular weight is 517 g/mol. The maximum absolute atomic E-state index is 12.7. The van der Waals surface area contributed by atoms with Crippen molar-refractivity contribution in [1.29, 1.82) is 0 Å². The molecule has 9 nitrogen and oxygen atoms in total. The summed E-state index contributed by atoms with van der Waals surface area (Å²) in [7, 11) is 1.27. The minimum absolute atomic E-state index is 0.0882. The van der Waals surface area contributed by atoms with Gasteiger partial charge in [0, 0.05) is 5.69 Å². The minimum Gasteiger partial charge on any atom is -0.465 e. The molecule has 0 aliphatic carbocycles. The monoisotopic (exact) mass is 516 g/mol. The quantitative estimate of drug-likeness (QED) is 0.406. The maximum atomic E-state index is 12.7. The summed E-state index contributed by atoms with van der Waals surface area (Å²) in [6, 6.07) is 10.6. The summed E-state index contributed by atoms with van der Waals surface area (Å²) in [6.45, 7) is 1.57. The number of anilines is 1. The first-order valence-corrected chi connectivity index (χ1v) is 11.6. The van der Waals surface area contributed by atoms with E-state index in [4.69, 9.17) is 16.3 Å². The van der Waals surface area contributed by atoms with Crippen molar-refractivity contribution in [2.45, 2.75) is 13.3 Å². The van der Waals surface area contributed by atoms with Crippen LogP contribution in [-0.2, 0) is 19.1 Å². The molecule has 182 valence electrons. The number of halogens is 1. The Morgan fingerprint density at radius 1 is 1.09 bits per heavy atom. The Morgan fingerprint density at radius 3 is 2.46 bits per heavy atom. The summed E-state index contributed by atoms with van der Waals surface area (Å²) in [5.74, 6) is -2.37. The van der Waals surface area contributed by atoms with Gasteiger partial charge < -0.3 is 14.8 Å². The summed E-state index contributed by atoms with van der Waals surface area (Å²) in [5.41, 5.74) is 1.29. The van der Waals surface area contributed by atoms with Crippen molar-refractivity contribution in [3.05, 3.63) is 69.1 Å². The van der Waals surface area contributed by atoms with Gasteiger partial charge in [0.05, 0.1) is 34.8 Å². The summed E-state index contributed by atoms with van der Waals surface area (Å²) in [5, 5.41) is 2.12. The van der Waals surface area contributed by atoms with Gasteiger partial charge in [-0.1, -0.05) is 30.7 Å². The van der Waals surface area contributed by atoms with E-state index in [1.807, 2.05) is 6.92 Å². The summed E-state index contributed by atoms with van der Waals surface area (Å²) >= 11 is 6.76. The molecule has 3 rings (SSSR count). The molecule has 1 heterocycles. The number of rotatable bonds is 8. The van der Waals surface area contributed by atoms with Crippen LogP contribution in [0, 0.1) is 0 Å². The van der Waals surface area contributed by atoms with Crippen LogP contribution in [0.15, 0.2) is 47.4 Å². The van der Waals surface area contributed by atoms with Crippen LogP contribution >= 0.6 is 23.4 Å². The van der Waals surface area contributed by atoms with E-state index < -0.39 is 35.5 Å². The summed E-state index contributed by atoms with van der Waals surface area (Å²) in [4.78, 5) is 62.2. The fourth-order valence-electron chi connectivity index (χ4n) is 3.00. The third-order valence-corrected chi connectivity index (χ3v) is 5.95. The first kappa shape index (κ1) is 26.0. The number of carbonyl (C=O) groups is 5. The van der Waals surface area contributed by atoms with E-state index in [2.05, 4.69) is 10.1 Å². The molecule has 0 bridgehead atoms. The summed E-state index contributed by atoms with van der Waals surface area (Å²) < 4.78 is 9.72. The fraction of sp³-hybridized carbons (Fsp3) is 0.208. The zero-order chi connectivity index (χ0) is 25.5. The van der Waals surface area contributed by atoms with Crippen LogP contribution in [0.4, 0.5) is 10.5 Å². The molecule has 11 heteroatoms. The number of carbonyl (C=O) groups excluding carboxylic acids is 5. The second kappa shape index (κ2) is 11.7. The van der Waals surface area contributed by atoms with Gasteiger partial charge in [-0.05, 0) is 60.2 Å². The van der Waals surface area contributed by atoms with Crippen LogP contribution in [0.3, 0.4) is 0 Å². The van der Waals surface area contributed by atoms with Gasteiger partial charge in [0.2, 0.25) is 5.91 Å². The molecule has 1 aliphatic rings. The van der Waals surface area contributed by atoms with E-state index in [9.17, 15) is 24.0 Å². The van der Waals surface area contributed by atoms with Gasteiger partial charge >= 0.3 is 11.9 Å². The second-order valence-corrected chi connectivity index (χ2v) is 8.66. The van der Waals surface area contributed by atoms with E-state index in [1.54, 1.807) is 12.1 Å². The maximum Gasteiger partial charge on any atom is 0.339 e. The highest BCUT2D eigenvalue weighted by Crippen LogP contribution is 2.32. The predicted octanol–water partition coefficient (Wildman–Crippen LogP) is 4.37. The highest BCUT2D eigenvalue weighted by molar-refractivity contribution is 8.18. The number of nitrogens with one attached hydrogen (secondary N) is 1. The molecule has 35 heavy (non-hydrogen) atoms. The number of hydrogen-bond acceptors (Lipinski definition) is 8. The van der Waals surface area contributed by atoms with E-state index in [-0.39, 0.29) is 27.8 Å². The van der Waals surface area contributed by atoms with E-state index in [1.165, 1.54) is 43.5 Å². The Bertz CT molecular complexity index is 1210. The molecule has 1 saturated heterocycles. The van der Waals surface area contributed by atoms with Gasteiger partial charge in [0.25, 0.3) is 11.1 Å². The number of hydrogen-bond donors (Lipinski definition) is 1. The summed E-state index contributed by atoms with van der Waals surface area (Å²) in [6.07, 6.45) is 2.14. The van der Waals surface area contributed by atoms with E-state index in [0.29, 0.717) is 29.3 Å². The molecule has 2 aromatic rings. The van der Waals surface area contributed by atoms with Crippen molar-refractivity contribution < 1.29 is 33.4 Å². The number of thioether (sulfide) groups is 1. The third kappa shape index (κ3) is 6.49. The zero-order valence-corrected chi connectivity index (χ0v) is 20.4. The Labute approximate surface area is 210 Å². The second-order valence-electron chi connectivity index (χ2n) is 7.26. The largest absolute Gasteiger partial charge is 0.465 e. The average Bonchev–Trinajstić information content (AvgIpc) is 3.10. The number of benzene rings is 2. The highest BCUT2D eigenvalue weighted by Gasteiger charge is 2.36. The molecule has 1 N–H and O–H groups in total. The number of amides is 3. The molecule has 0 spiro atoms. The molecule has 0 unspecified atom stereocenters. The number of nitrogens with zero attached hydrogens (tertiary/aromatic N) is 1. The van der Waals surface area contributed by atoms with Gasteiger partial charge in [-0.3, -0.25) is 19.3 Å². The molecule has 0 radical (unpaired) electrons. The Hall–Kier alpha value is -3.63. The van der Waals surface area contributed by atoms with Crippen LogP contribution in [0.1, 0.15) is 39.6 Å². The SMILES string of the molecule is CCCOC(=O)c1cc(NC(=O)CN2C(=O)S/C(=C/c3ccc(C(=O)OC)cc3)C2=O)ccc1Cl. The fourth-order valence-corrected chi connectivity index (χ4v) is 4.03. The molecule has 0 atom stereocenters. The van der Waals surface area contributed by atoms with Crippen LogP contribution in [0.25, 0.3) is 6.08 Å². The zero-order valence-electron chi connectivity index (χ0n) is 18.8. The van der Waals surface area contributed by atoms with Gasteiger partial charge in [0.15, 0.2) is 0 Å². The number of methoxy groups -OCH3 is 1. The number of imide groups is 1. The molecule has 2 aromatic carbocycles. The smallest absolute Gasteiger partial charge is 0.339 e. The lowest BCUT2D eigenvalue weighted by Gasteiger charge is -2.13. The first-order valence-electron chi connectivity index (χ1n) is 10.4. The minimum atomic E-state index is -0.633. The number of ether oxygens (including phenoxy) is 2. The Morgan fingerprint density at radius 2 is 1.80 bits per heavy atom. The Kier molecular flexibility index (Phi) is 8.67. The van der Waals surface area contributed by atoms with Crippen molar-refractivity contribution in [2.75, 3.05) is 25.6 Å². The van der Waals surface area contributed by atoms with Crippen LogP contribution in [-0.4, -0.2) is 54.2 Å². The first-order chi connectivity index (χ1) is 16.7. The molecule has 3 amide bonds. The van der Waals surface area contributed by atoms with Crippen molar-refractivity contribution >= 4 is 64.1 Å². The van der Waals surface area contributed by atoms with Crippen LogP contribution in [0.2, 0.25) is 5.02 Å². The highest BCUT2D eigenvalue weighted by atomic mass is 35.5. The molecule has 0 saturated carbocycles. The molecule has 1 aliphatic heterocycles. The third-order valence-electron chi connectivity index (χ3n) is 4.71. The molecule has 1 fully saturated rings. The number of esters is 2. The van der Waals surface area contributed by atoms with E-state index >= 15 is 0 Å². The molecular formula is C24H21ClN2O7S. The van der Waals surface area contributed by atoms with Gasteiger partial charge in [-0.25, -0.2) is 9.59 Å². The molecular weight excluding hydrogens is 496 g/mol. The van der Waals surface area contributed by atoms with Gasteiger partial charge in [0.1, 0.15) is 6.54 Å². The van der Waals surface area contributed by atoms with Crippen molar-refractivity contribution in [3.63, 3.8) is 0 Å². The normalized spacial score (nSPS) is 14.3. The predicted molar refractivity (Wildman–Crippen MR) is 131 cm³/mol. The lowest BCUT2D eigenvalue weighted by Crippen LogP contribution is -2.36. The van der Waals surface area contributed by atoms with Crippen molar-refractivity contribution in [2.24, 2.45) is 0 Å². The van der Waals surface area contributed by atoms with E-state index in [0.717, 1.165) is 4.90 Å².